The number of rotatable bonds is 0. The quantitative estimate of drug-likeness (QED) is 0.566. The van der Waals surface area contributed by atoms with Gasteiger partial charge in [0, 0.05) is 12.5 Å². The lowest BCUT2D eigenvalue weighted by Crippen LogP contribution is -2.55. The first-order valence-electron chi connectivity index (χ1n) is 8.10. The first-order valence-corrected chi connectivity index (χ1v) is 5.89. The van der Waals surface area contributed by atoms with E-state index in [2.05, 4.69) is 15.9 Å². The van der Waals surface area contributed by atoms with Crippen LogP contribution in [-0.4, -0.2) is 4.32 Å². The van der Waals surface area contributed by atoms with Gasteiger partial charge < -0.3 is 0 Å². The van der Waals surface area contributed by atoms with Crippen LogP contribution in [0.3, 0.4) is 0 Å². The van der Waals surface area contributed by atoms with Crippen LogP contribution in [0.1, 0.15) is 60.5 Å². The molecule has 0 radical (unpaired) electrons. The van der Waals surface area contributed by atoms with Crippen LogP contribution in [0.25, 0.3) is 0 Å². The second-order valence-electron chi connectivity index (χ2n) is 5.72. The lowest BCUT2D eigenvalue weighted by atomic mass is 9.45. The molecule has 0 nitrogen and oxygen atoms in total. The molecule has 0 aromatic carbocycles. The lowest BCUT2D eigenvalue weighted by Gasteiger charge is -2.63. The van der Waals surface area contributed by atoms with Crippen molar-refractivity contribution in [2.24, 2.45) is 16.7 Å². The fourth-order valence-corrected chi connectivity index (χ4v) is 5.85. The zero-order chi connectivity index (χ0) is 14.3. The van der Waals surface area contributed by atoms with E-state index in [-0.39, 0.29) is 10.2 Å². The molecule has 4 rings (SSSR count). The topological polar surface area (TPSA) is 0 Å². The summed E-state index contributed by atoms with van der Waals surface area (Å²) < 4.78 is 47.2. The largest absolute Gasteiger partial charge is 0.0853 e. The molecule has 0 aromatic heterocycles. The summed E-state index contributed by atoms with van der Waals surface area (Å²) >= 11 is 3.71. The molecule has 13 heavy (non-hydrogen) atoms. The molecule has 2 atom stereocenters. The number of hydrogen-bond donors (Lipinski definition) is 0. The molecule has 1 heteroatoms. The van der Waals surface area contributed by atoms with Gasteiger partial charge in [0.25, 0.3) is 0 Å². The Morgan fingerprint density at radius 2 is 1.69 bits per heavy atom. The third kappa shape index (κ3) is 1.22. The highest BCUT2D eigenvalue weighted by Crippen LogP contribution is 2.68. The van der Waals surface area contributed by atoms with Crippen LogP contribution in [0.15, 0.2) is 0 Å². The molecule has 4 saturated carbocycles. The molecule has 74 valence electrons. The SMILES string of the molecule is [2H]C([2H])([2H])C12CC3CC(Br)(C1)CC(C([2H])([2H])[2H])(C3)C2. The van der Waals surface area contributed by atoms with Crippen molar-refractivity contribution >= 4 is 15.9 Å². The van der Waals surface area contributed by atoms with Crippen molar-refractivity contribution in [2.45, 2.75) is 56.6 Å². The van der Waals surface area contributed by atoms with Gasteiger partial charge in [-0.25, -0.2) is 0 Å². The van der Waals surface area contributed by atoms with Gasteiger partial charge in [0.15, 0.2) is 0 Å². The smallest absolute Gasteiger partial charge is 0.0271 e. The van der Waals surface area contributed by atoms with Crippen LogP contribution in [0, 0.1) is 16.7 Å². The first kappa shape index (κ1) is 4.55. The van der Waals surface area contributed by atoms with Crippen LogP contribution in [0.5, 0.6) is 0 Å². The second-order valence-corrected chi connectivity index (χ2v) is 7.40. The fraction of sp³-hybridized carbons (Fsp3) is 1.00. The van der Waals surface area contributed by atoms with Gasteiger partial charge in [-0.1, -0.05) is 29.6 Å². The molecule has 4 aliphatic carbocycles. The predicted molar refractivity (Wildman–Crippen MR) is 59.1 cm³/mol. The van der Waals surface area contributed by atoms with Gasteiger partial charge in [0.2, 0.25) is 0 Å². The Kier molecular flexibility index (Phi) is 0.762. The summed E-state index contributed by atoms with van der Waals surface area (Å²) in [7, 11) is 0. The zero-order valence-electron chi connectivity index (χ0n) is 13.7. The molecule has 0 heterocycles. The average molecular weight is 249 g/mol. The highest BCUT2D eigenvalue weighted by Gasteiger charge is 2.59. The molecule has 0 amide bonds. The number of halogens is 1. The summed E-state index contributed by atoms with van der Waals surface area (Å²) in [6.07, 6.45) is 3.83. The zero-order valence-corrected chi connectivity index (χ0v) is 9.28. The van der Waals surface area contributed by atoms with Crippen molar-refractivity contribution in [1.29, 1.82) is 0 Å². The van der Waals surface area contributed by atoms with Gasteiger partial charge in [0.05, 0.1) is 0 Å². The molecule has 4 fully saturated rings. The maximum atomic E-state index is 7.92. The first-order chi connectivity index (χ1) is 8.41. The van der Waals surface area contributed by atoms with Gasteiger partial charge in [-0.2, -0.15) is 0 Å². The van der Waals surface area contributed by atoms with E-state index < -0.39 is 24.5 Å². The predicted octanol–water partition coefficient (Wildman–Crippen LogP) is 4.13. The van der Waals surface area contributed by atoms with Gasteiger partial charge in [0.1, 0.15) is 0 Å². The van der Waals surface area contributed by atoms with Gasteiger partial charge in [-0.05, 0) is 55.3 Å². The molecular weight excluding hydrogens is 224 g/mol. The standard InChI is InChI=1S/C12H19Br/c1-10-3-9-4-11(2,6-10)8-12(13,5-9)7-10/h9H,3-8H2,1-2H3/i1D3,2D3. The fourth-order valence-electron chi connectivity index (χ4n) is 4.32. The van der Waals surface area contributed by atoms with Crippen LogP contribution in [-0.2, 0) is 0 Å². The van der Waals surface area contributed by atoms with Gasteiger partial charge in [-0.3, -0.25) is 0 Å². The van der Waals surface area contributed by atoms with Crippen LogP contribution in [0.2, 0.25) is 0 Å². The highest BCUT2D eigenvalue weighted by molar-refractivity contribution is 9.10. The van der Waals surface area contributed by atoms with Crippen molar-refractivity contribution in [2.75, 3.05) is 0 Å². The van der Waals surface area contributed by atoms with Crippen molar-refractivity contribution in [3.8, 4) is 0 Å². The molecule has 0 N–H and O–H groups in total. The molecule has 0 saturated heterocycles. The summed E-state index contributed by atoms with van der Waals surface area (Å²) in [6, 6.07) is 0. The van der Waals surface area contributed by atoms with E-state index in [0.717, 1.165) is 6.42 Å². The molecule has 2 unspecified atom stereocenters. The van der Waals surface area contributed by atoms with E-state index in [1.165, 1.54) is 0 Å². The molecule has 0 aromatic rings. The summed E-state index contributed by atoms with van der Waals surface area (Å²) in [4.78, 5) is 0. The summed E-state index contributed by atoms with van der Waals surface area (Å²) in [5, 5.41) is 0. The van der Waals surface area contributed by atoms with Crippen LogP contribution >= 0.6 is 15.9 Å². The molecule has 0 aliphatic heterocycles. The third-order valence-corrected chi connectivity index (χ3v) is 4.88. The van der Waals surface area contributed by atoms with Crippen molar-refractivity contribution in [3.63, 3.8) is 0 Å². The van der Waals surface area contributed by atoms with E-state index in [1.54, 1.807) is 0 Å². The Balaban J connectivity index is 2.09. The minimum Gasteiger partial charge on any atom is -0.0853 e. The van der Waals surface area contributed by atoms with Gasteiger partial charge in [-0.15, -0.1) is 0 Å². The van der Waals surface area contributed by atoms with Crippen LogP contribution in [0.4, 0.5) is 0 Å². The van der Waals surface area contributed by atoms with E-state index in [1.807, 2.05) is 0 Å². The Morgan fingerprint density at radius 3 is 2.15 bits per heavy atom. The monoisotopic (exact) mass is 248 g/mol. The molecular formula is C12H19Br. The highest BCUT2D eigenvalue weighted by atomic mass is 79.9. The summed E-state index contributed by atoms with van der Waals surface area (Å²) in [5.74, 6) is 0.247. The Hall–Kier alpha value is 0.480. The maximum absolute atomic E-state index is 7.92. The molecule has 4 bridgehead atoms. The van der Waals surface area contributed by atoms with Gasteiger partial charge >= 0.3 is 0 Å². The third-order valence-electron chi connectivity index (χ3n) is 4.00. The Labute approximate surface area is 98.0 Å². The molecule has 4 aliphatic rings. The maximum Gasteiger partial charge on any atom is 0.0271 e. The van der Waals surface area contributed by atoms with Crippen molar-refractivity contribution in [1.82, 2.24) is 0 Å². The number of alkyl halides is 1. The average Bonchev–Trinajstić information content (AvgIpc) is 2.09. The lowest BCUT2D eigenvalue weighted by molar-refractivity contribution is -0.0755. The normalized spacial score (nSPS) is 73.2. The minimum atomic E-state index is -2.05. The van der Waals surface area contributed by atoms with E-state index in [9.17, 15) is 0 Å². The summed E-state index contributed by atoms with van der Waals surface area (Å²) in [6.45, 7) is -4.11. The minimum absolute atomic E-state index is 0.247. The van der Waals surface area contributed by atoms with Crippen molar-refractivity contribution < 1.29 is 8.22 Å². The molecule has 0 spiro atoms. The second kappa shape index (κ2) is 2.18. The van der Waals surface area contributed by atoms with E-state index >= 15 is 0 Å². The van der Waals surface area contributed by atoms with E-state index in [0.29, 0.717) is 32.1 Å². The summed E-state index contributed by atoms with van der Waals surface area (Å²) in [5.41, 5.74) is -1.57. The Bertz CT molecular complexity index is 381. The number of hydrogen-bond acceptors (Lipinski definition) is 0. The Morgan fingerprint density at radius 1 is 1.08 bits per heavy atom. The van der Waals surface area contributed by atoms with Crippen LogP contribution < -0.4 is 0 Å². The van der Waals surface area contributed by atoms with E-state index in [4.69, 9.17) is 8.22 Å². The van der Waals surface area contributed by atoms with Crippen molar-refractivity contribution in [3.05, 3.63) is 0 Å².